The van der Waals surface area contributed by atoms with Gasteiger partial charge in [0.1, 0.15) is 5.60 Å². The first-order chi connectivity index (χ1) is 12.8. The fraction of sp³-hybridized carbons (Fsp3) is 0.429. The van der Waals surface area contributed by atoms with Crippen LogP contribution in [0.5, 0.6) is 0 Å². The second kappa shape index (κ2) is 8.13. The summed E-state index contributed by atoms with van der Waals surface area (Å²) in [6.07, 6.45) is 2.23. The van der Waals surface area contributed by atoms with Crippen LogP contribution in [0.2, 0.25) is 0 Å². The van der Waals surface area contributed by atoms with Crippen molar-refractivity contribution in [3.05, 3.63) is 46.3 Å². The third kappa shape index (κ3) is 5.10. The summed E-state index contributed by atoms with van der Waals surface area (Å²) in [4.78, 5) is 26.0. The maximum atomic E-state index is 12.4. The van der Waals surface area contributed by atoms with Gasteiger partial charge in [-0.1, -0.05) is 24.3 Å². The second-order valence-electron chi connectivity index (χ2n) is 7.66. The molecule has 0 bridgehead atoms. The fourth-order valence-corrected chi connectivity index (χ4v) is 4.25. The average molecular weight is 387 g/mol. The van der Waals surface area contributed by atoms with Crippen molar-refractivity contribution >= 4 is 23.3 Å². The van der Waals surface area contributed by atoms with Gasteiger partial charge >= 0.3 is 6.09 Å². The summed E-state index contributed by atoms with van der Waals surface area (Å²) in [6.45, 7) is 6.45. The zero-order valence-electron chi connectivity index (χ0n) is 16.1. The zero-order valence-corrected chi connectivity index (χ0v) is 16.9. The van der Waals surface area contributed by atoms with E-state index in [1.54, 1.807) is 11.3 Å². The van der Waals surface area contributed by atoms with Gasteiger partial charge in [0.25, 0.3) is 5.91 Å². The SMILES string of the molecule is CC(C)(C)OC(=O)NCCCNC(=O)c1cc2c(s1)-c1ccccc1CC2. The number of thiophene rings is 1. The van der Waals surface area contributed by atoms with E-state index in [0.29, 0.717) is 19.5 Å². The molecular formula is C21H26N2O3S. The number of hydrogen-bond donors (Lipinski definition) is 2. The van der Waals surface area contributed by atoms with E-state index < -0.39 is 11.7 Å². The molecule has 1 aromatic carbocycles. The summed E-state index contributed by atoms with van der Waals surface area (Å²) in [7, 11) is 0. The molecule has 1 aliphatic rings. The highest BCUT2D eigenvalue weighted by Gasteiger charge is 2.21. The van der Waals surface area contributed by atoms with Gasteiger partial charge in [-0.15, -0.1) is 11.3 Å². The molecule has 0 aliphatic heterocycles. The molecule has 3 rings (SSSR count). The highest BCUT2D eigenvalue weighted by atomic mass is 32.1. The number of carbonyl (C=O) groups is 2. The van der Waals surface area contributed by atoms with Crippen LogP contribution in [0.25, 0.3) is 10.4 Å². The Balaban J connectivity index is 1.48. The maximum Gasteiger partial charge on any atom is 0.407 e. The number of aryl methyl sites for hydroxylation is 2. The van der Waals surface area contributed by atoms with E-state index in [2.05, 4.69) is 28.8 Å². The van der Waals surface area contributed by atoms with Crippen molar-refractivity contribution in [1.82, 2.24) is 10.6 Å². The third-order valence-electron chi connectivity index (χ3n) is 4.27. The second-order valence-corrected chi connectivity index (χ2v) is 8.71. The Kier molecular flexibility index (Phi) is 5.85. The van der Waals surface area contributed by atoms with Crippen molar-refractivity contribution in [1.29, 1.82) is 0 Å². The summed E-state index contributed by atoms with van der Waals surface area (Å²) >= 11 is 1.56. The van der Waals surface area contributed by atoms with Crippen molar-refractivity contribution in [2.24, 2.45) is 0 Å². The molecule has 0 saturated carbocycles. The van der Waals surface area contributed by atoms with Crippen molar-refractivity contribution in [2.45, 2.75) is 45.6 Å². The number of benzene rings is 1. The van der Waals surface area contributed by atoms with Crippen LogP contribution in [-0.4, -0.2) is 30.7 Å². The van der Waals surface area contributed by atoms with Gasteiger partial charge in [-0.05, 0) is 62.8 Å². The highest BCUT2D eigenvalue weighted by molar-refractivity contribution is 7.17. The van der Waals surface area contributed by atoms with Crippen LogP contribution < -0.4 is 10.6 Å². The fourth-order valence-electron chi connectivity index (χ4n) is 3.07. The van der Waals surface area contributed by atoms with Gasteiger partial charge in [0, 0.05) is 18.0 Å². The molecule has 0 spiro atoms. The highest BCUT2D eigenvalue weighted by Crippen LogP contribution is 2.39. The van der Waals surface area contributed by atoms with Crippen LogP contribution in [0.4, 0.5) is 4.79 Å². The monoisotopic (exact) mass is 386 g/mol. The van der Waals surface area contributed by atoms with E-state index in [4.69, 9.17) is 4.74 Å². The van der Waals surface area contributed by atoms with Crippen LogP contribution in [-0.2, 0) is 17.6 Å². The quantitative estimate of drug-likeness (QED) is 0.758. The van der Waals surface area contributed by atoms with E-state index in [9.17, 15) is 9.59 Å². The Morgan fingerprint density at radius 2 is 1.78 bits per heavy atom. The number of carbonyl (C=O) groups excluding carboxylic acids is 2. The standard InChI is InChI=1S/C21H26N2O3S/c1-21(2,3)26-20(25)23-12-6-11-22-19(24)17-13-15-10-9-14-7-4-5-8-16(14)18(15)27-17/h4-5,7-8,13H,6,9-12H2,1-3H3,(H,22,24)(H,23,25). The van der Waals surface area contributed by atoms with Crippen LogP contribution in [0.1, 0.15) is 48.0 Å². The Labute approximate surface area is 164 Å². The molecule has 1 aliphatic carbocycles. The van der Waals surface area contributed by atoms with Gasteiger partial charge in [-0.25, -0.2) is 4.79 Å². The van der Waals surface area contributed by atoms with Crippen LogP contribution in [0.3, 0.4) is 0 Å². The van der Waals surface area contributed by atoms with Crippen LogP contribution in [0.15, 0.2) is 30.3 Å². The average Bonchev–Trinajstić information content (AvgIpc) is 3.04. The smallest absolute Gasteiger partial charge is 0.407 e. The van der Waals surface area contributed by atoms with Gasteiger partial charge in [0.2, 0.25) is 0 Å². The summed E-state index contributed by atoms with van der Waals surface area (Å²) in [5.74, 6) is -0.0517. The predicted molar refractivity (Wildman–Crippen MR) is 108 cm³/mol. The molecule has 0 fully saturated rings. The number of nitrogens with one attached hydrogen (secondary N) is 2. The van der Waals surface area contributed by atoms with Crippen molar-refractivity contribution < 1.29 is 14.3 Å². The lowest BCUT2D eigenvalue weighted by Gasteiger charge is -2.19. The molecule has 2 N–H and O–H groups in total. The number of fused-ring (bicyclic) bond motifs is 3. The van der Waals surface area contributed by atoms with E-state index in [1.807, 2.05) is 32.9 Å². The molecule has 2 amide bonds. The normalized spacial score (nSPS) is 12.7. The minimum absolute atomic E-state index is 0.0517. The Hall–Kier alpha value is -2.34. The maximum absolute atomic E-state index is 12.4. The number of amides is 2. The van der Waals surface area contributed by atoms with Gasteiger partial charge in [-0.2, -0.15) is 0 Å². The molecule has 1 heterocycles. The first kappa shape index (κ1) is 19.4. The first-order valence-corrected chi connectivity index (χ1v) is 10.1. The van der Waals surface area contributed by atoms with Gasteiger partial charge < -0.3 is 15.4 Å². The third-order valence-corrected chi connectivity index (χ3v) is 5.48. The molecule has 0 saturated heterocycles. The van der Waals surface area contributed by atoms with Gasteiger partial charge in [-0.3, -0.25) is 4.79 Å². The molecule has 0 unspecified atom stereocenters. The Morgan fingerprint density at radius 1 is 1.07 bits per heavy atom. The lowest BCUT2D eigenvalue weighted by atomic mass is 9.91. The predicted octanol–water partition coefficient (Wildman–Crippen LogP) is 4.16. The lowest BCUT2D eigenvalue weighted by molar-refractivity contribution is 0.0527. The van der Waals surface area contributed by atoms with Gasteiger partial charge in [0.15, 0.2) is 0 Å². The van der Waals surface area contributed by atoms with Crippen molar-refractivity contribution in [3.63, 3.8) is 0 Å². The minimum Gasteiger partial charge on any atom is -0.444 e. The number of alkyl carbamates (subject to hydrolysis) is 1. The summed E-state index contributed by atoms with van der Waals surface area (Å²) in [5.41, 5.74) is 3.36. The van der Waals surface area contributed by atoms with E-state index >= 15 is 0 Å². The molecule has 2 aromatic rings. The molecular weight excluding hydrogens is 360 g/mol. The zero-order chi connectivity index (χ0) is 19.4. The van der Waals surface area contributed by atoms with E-state index in [0.717, 1.165) is 17.7 Å². The molecule has 144 valence electrons. The summed E-state index contributed by atoms with van der Waals surface area (Å²) in [5, 5.41) is 5.63. The number of ether oxygens (including phenoxy) is 1. The van der Waals surface area contributed by atoms with Crippen LogP contribution >= 0.6 is 11.3 Å². The molecule has 1 aromatic heterocycles. The molecule has 6 heteroatoms. The first-order valence-electron chi connectivity index (χ1n) is 9.29. The molecule has 0 radical (unpaired) electrons. The van der Waals surface area contributed by atoms with Gasteiger partial charge in [0.05, 0.1) is 4.88 Å². The largest absolute Gasteiger partial charge is 0.444 e. The number of hydrogen-bond acceptors (Lipinski definition) is 4. The van der Waals surface area contributed by atoms with E-state index in [-0.39, 0.29) is 5.91 Å². The van der Waals surface area contributed by atoms with Crippen molar-refractivity contribution in [3.8, 4) is 10.4 Å². The lowest BCUT2D eigenvalue weighted by Crippen LogP contribution is -2.34. The Bertz CT molecular complexity index is 836. The van der Waals surface area contributed by atoms with E-state index in [1.165, 1.54) is 21.6 Å². The summed E-state index contributed by atoms with van der Waals surface area (Å²) < 4.78 is 5.17. The molecule has 5 nitrogen and oxygen atoms in total. The topological polar surface area (TPSA) is 67.4 Å². The Morgan fingerprint density at radius 3 is 2.56 bits per heavy atom. The van der Waals surface area contributed by atoms with Crippen LogP contribution in [0, 0.1) is 0 Å². The molecule has 27 heavy (non-hydrogen) atoms. The number of rotatable bonds is 5. The van der Waals surface area contributed by atoms with Crippen molar-refractivity contribution in [2.75, 3.05) is 13.1 Å². The minimum atomic E-state index is -0.505. The molecule has 0 atom stereocenters. The summed E-state index contributed by atoms with van der Waals surface area (Å²) in [6, 6.07) is 10.4.